The number of nitrogens with one attached hydrogen (secondary N) is 1. The van der Waals surface area contributed by atoms with Gasteiger partial charge in [0.2, 0.25) is 0 Å². The van der Waals surface area contributed by atoms with Crippen LogP contribution in [0.4, 0.5) is 18.9 Å². The minimum Gasteiger partial charge on any atom is -0.345 e. The van der Waals surface area contributed by atoms with Gasteiger partial charge in [-0.15, -0.1) is 5.11 Å². The van der Waals surface area contributed by atoms with Crippen LogP contribution in [0.1, 0.15) is 62.1 Å². The normalized spacial score (nSPS) is 13.1. The van der Waals surface area contributed by atoms with Crippen LogP contribution in [0.15, 0.2) is 58.9 Å². The molecule has 2 rings (SSSR count). The van der Waals surface area contributed by atoms with E-state index >= 15 is 0 Å². The van der Waals surface area contributed by atoms with Crippen molar-refractivity contribution in [1.82, 2.24) is 10.3 Å². The fourth-order valence-electron chi connectivity index (χ4n) is 3.10. The SMILES string of the molecule is CC(NC(=O)c1ccccc1)c1cccc(C(F)(F)F)c1N=NN(C(C)C)C(C)C. The lowest BCUT2D eigenvalue weighted by Gasteiger charge is -2.26. The third-order valence-electron chi connectivity index (χ3n) is 4.53. The topological polar surface area (TPSA) is 57.1 Å². The second-order valence-corrected chi connectivity index (χ2v) is 7.56. The summed E-state index contributed by atoms with van der Waals surface area (Å²) < 4.78 is 41.0. The highest BCUT2D eigenvalue weighted by Gasteiger charge is 2.35. The fourth-order valence-corrected chi connectivity index (χ4v) is 3.10. The predicted octanol–water partition coefficient (Wildman–Crippen LogP) is 6.31. The molecule has 2 aromatic rings. The van der Waals surface area contributed by atoms with Crippen LogP contribution in [0.2, 0.25) is 0 Å². The molecule has 0 saturated heterocycles. The Morgan fingerprint density at radius 3 is 2.07 bits per heavy atom. The second kappa shape index (κ2) is 9.73. The van der Waals surface area contributed by atoms with Gasteiger partial charge in [-0.2, -0.15) is 13.2 Å². The van der Waals surface area contributed by atoms with E-state index in [2.05, 4.69) is 15.7 Å². The Kier molecular flexibility index (Phi) is 7.59. The number of carbonyl (C=O) groups excluding carboxylic acids is 1. The average Bonchev–Trinajstić information content (AvgIpc) is 2.67. The van der Waals surface area contributed by atoms with Crippen LogP contribution in [0.5, 0.6) is 0 Å². The summed E-state index contributed by atoms with van der Waals surface area (Å²) >= 11 is 0. The van der Waals surface area contributed by atoms with Crippen molar-refractivity contribution in [2.75, 3.05) is 0 Å². The van der Waals surface area contributed by atoms with Crippen molar-refractivity contribution in [2.45, 2.75) is 58.9 Å². The Bertz CT molecular complexity index is 872. The summed E-state index contributed by atoms with van der Waals surface area (Å²) in [6.45, 7) is 9.17. The Balaban J connectivity index is 2.45. The van der Waals surface area contributed by atoms with Gasteiger partial charge in [0, 0.05) is 23.2 Å². The van der Waals surface area contributed by atoms with E-state index in [1.807, 2.05) is 27.7 Å². The van der Waals surface area contributed by atoms with Gasteiger partial charge in [-0.05, 0) is 52.8 Å². The van der Waals surface area contributed by atoms with Crippen LogP contribution >= 0.6 is 0 Å². The minimum absolute atomic E-state index is 0.0366. The highest BCUT2D eigenvalue weighted by atomic mass is 19.4. The number of hydrogen-bond donors (Lipinski definition) is 1. The van der Waals surface area contributed by atoms with E-state index in [0.717, 1.165) is 6.07 Å². The van der Waals surface area contributed by atoms with Gasteiger partial charge in [0.15, 0.2) is 0 Å². The van der Waals surface area contributed by atoms with Crippen molar-refractivity contribution in [3.8, 4) is 0 Å². The highest BCUT2D eigenvalue weighted by Crippen LogP contribution is 2.40. The molecule has 162 valence electrons. The van der Waals surface area contributed by atoms with Crippen molar-refractivity contribution in [3.05, 3.63) is 65.2 Å². The largest absolute Gasteiger partial charge is 0.418 e. The fraction of sp³-hybridized carbons (Fsp3) is 0.409. The van der Waals surface area contributed by atoms with E-state index in [9.17, 15) is 18.0 Å². The van der Waals surface area contributed by atoms with Crippen LogP contribution in [-0.2, 0) is 6.18 Å². The Labute approximate surface area is 175 Å². The summed E-state index contributed by atoms with van der Waals surface area (Å²) in [4.78, 5) is 12.5. The maximum absolute atomic E-state index is 13.7. The first-order valence-corrected chi connectivity index (χ1v) is 9.78. The Hall–Kier alpha value is -2.90. The van der Waals surface area contributed by atoms with Gasteiger partial charge in [-0.3, -0.25) is 9.80 Å². The van der Waals surface area contributed by atoms with Crippen molar-refractivity contribution in [2.24, 2.45) is 10.3 Å². The average molecular weight is 420 g/mol. The molecule has 1 unspecified atom stereocenters. The summed E-state index contributed by atoms with van der Waals surface area (Å²) in [6, 6.07) is 11.5. The molecule has 0 fully saturated rings. The van der Waals surface area contributed by atoms with Crippen LogP contribution in [-0.4, -0.2) is 23.0 Å². The number of nitrogens with zero attached hydrogens (tertiary/aromatic N) is 3. The summed E-state index contributed by atoms with van der Waals surface area (Å²) in [6.07, 6.45) is -4.60. The van der Waals surface area contributed by atoms with Gasteiger partial charge in [0.1, 0.15) is 5.69 Å². The van der Waals surface area contributed by atoms with Gasteiger partial charge < -0.3 is 5.32 Å². The number of halogens is 3. The molecule has 1 atom stereocenters. The zero-order valence-corrected chi connectivity index (χ0v) is 17.7. The van der Waals surface area contributed by atoms with Gasteiger partial charge in [0.05, 0.1) is 11.6 Å². The molecule has 2 aromatic carbocycles. The number of benzene rings is 2. The Morgan fingerprint density at radius 2 is 1.53 bits per heavy atom. The monoisotopic (exact) mass is 420 g/mol. The molecule has 0 spiro atoms. The number of rotatable bonds is 7. The molecule has 0 saturated carbocycles. The zero-order valence-electron chi connectivity index (χ0n) is 17.7. The second-order valence-electron chi connectivity index (χ2n) is 7.56. The minimum atomic E-state index is -4.60. The molecular weight excluding hydrogens is 393 g/mol. The van der Waals surface area contributed by atoms with Gasteiger partial charge in [-0.1, -0.05) is 35.6 Å². The van der Waals surface area contributed by atoms with Crippen molar-refractivity contribution >= 4 is 11.6 Å². The molecular formula is C22H27F3N4O. The maximum atomic E-state index is 13.7. The first-order valence-electron chi connectivity index (χ1n) is 9.78. The van der Waals surface area contributed by atoms with Crippen molar-refractivity contribution < 1.29 is 18.0 Å². The molecule has 0 aliphatic rings. The molecule has 30 heavy (non-hydrogen) atoms. The van der Waals surface area contributed by atoms with Crippen LogP contribution in [0.3, 0.4) is 0 Å². The molecule has 0 aromatic heterocycles. The first kappa shape index (κ1) is 23.4. The predicted molar refractivity (Wildman–Crippen MR) is 110 cm³/mol. The van der Waals surface area contributed by atoms with Crippen LogP contribution < -0.4 is 5.32 Å². The quantitative estimate of drug-likeness (QED) is 0.421. The maximum Gasteiger partial charge on any atom is 0.418 e. The van der Waals surface area contributed by atoms with E-state index in [1.165, 1.54) is 12.1 Å². The summed E-state index contributed by atoms with van der Waals surface area (Å²) in [5, 5.41) is 12.5. The highest BCUT2D eigenvalue weighted by molar-refractivity contribution is 5.94. The number of alkyl halides is 3. The number of hydrogen-bond acceptors (Lipinski definition) is 3. The van der Waals surface area contributed by atoms with Gasteiger partial charge >= 0.3 is 6.18 Å². The molecule has 1 amide bonds. The Morgan fingerprint density at radius 1 is 0.933 bits per heavy atom. The van der Waals surface area contributed by atoms with Crippen molar-refractivity contribution in [1.29, 1.82) is 0 Å². The molecule has 0 radical (unpaired) electrons. The van der Waals surface area contributed by atoms with Crippen LogP contribution in [0.25, 0.3) is 0 Å². The molecule has 0 aliphatic heterocycles. The number of amides is 1. The standard InChI is InChI=1S/C22H27F3N4O/c1-14(2)29(15(3)4)28-27-20-18(12-9-13-19(20)22(23,24)25)16(5)26-21(30)17-10-7-6-8-11-17/h6-16H,1-5H3,(H,26,30). The third kappa shape index (κ3) is 5.81. The zero-order chi connectivity index (χ0) is 22.5. The third-order valence-corrected chi connectivity index (χ3v) is 4.53. The molecule has 8 heteroatoms. The molecule has 1 N–H and O–H groups in total. The summed E-state index contributed by atoms with van der Waals surface area (Å²) in [5.41, 5.74) is -0.523. The van der Waals surface area contributed by atoms with Gasteiger partial charge in [0.25, 0.3) is 5.91 Å². The van der Waals surface area contributed by atoms with E-state index in [-0.39, 0.29) is 29.2 Å². The van der Waals surface area contributed by atoms with E-state index in [1.54, 1.807) is 42.3 Å². The van der Waals surface area contributed by atoms with Crippen molar-refractivity contribution in [3.63, 3.8) is 0 Å². The summed E-state index contributed by atoms with van der Waals surface area (Å²) in [7, 11) is 0. The lowest BCUT2D eigenvalue weighted by Crippen LogP contribution is -2.31. The number of carbonyl (C=O) groups is 1. The molecule has 5 nitrogen and oxygen atoms in total. The molecule has 0 bridgehead atoms. The van der Waals surface area contributed by atoms with Gasteiger partial charge in [-0.25, -0.2) is 0 Å². The molecule has 0 heterocycles. The smallest absolute Gasteiger partial charge is 0.345 e. The van der Waals surface area contributed by atoms with Crippen LogP contribution in [0, 0.1) is 0 Å². The molecule has 0 aliphatic carbocycles. The summed E-state index contributed by atoms with van der Waals surface area (Å²) in [5.74, 6) is -0.380. The lowest BCUT2D eigenvalue weighted by molar-refractivity contribution is -0.137. The van der Waals surface area contributed by atoms with E-state index < -0.39 is 17.8 Å². The lowest BCUT2D eigenvalue weighted by atomic mass is 10.0. The first-order chi connectivity index (χ1) is 14.0. The van der Waals surface area contributed by atoms with E-state index in [0.29, 0.717) is 5.56 Å². The van der Waals surface area contributed by atoms with E-state index in [4.69, 9.17) is 0 Å².